The minimum Gasteiger partial charge on any atom is -0.491 e. The lowest BCUT2D eigenvalue weighted by atomic mass is 10.0. The highest BCUT2D eigenvalue weighted by Crippen LogP contribution is 2.25. The van der Waals surface area contributed by atoms with Gasteiger partial charge in [0, 0.05) is 6.42 Å². The van der Waals surface area contributed by atoms with Gasteiger partial charge in [-0.25, -0.2) is 4.39 Å². The lowest BCUT2D eigenvalue weighted by molar-refractivity contribution is -0.121. The van der Waals surface area contributed by atoms with Crippen molar-refractivity contribution >= 4 is 5.91 Å². The van der Waals surface area contributed by atoms with E-state index in [9.17, 15) is 9.18 Å². The van der Waals surface area contributed by atoms with E-state index in [-0.39, 0.29) is 17.8 Å². The van der Waals surface area contributed by atoms with E-state index < -0.39 is 0 Å². The third kappa shape index (κ3) is 2.32. The molecule has 1 aliphatic heterocycles. The van der Waals surface area contributed by atoms with Crippen LogP contribution in [0.5, 0.6) is 5.75 Å². The highest BCUT2D eigenvalue weighted by Gasteiger charge is 2.21. The minimum atomic E-state index is -0.273. The standard InChI is InChI=1S/C12H14FNO2/c1-2-12(15)14-10-6-8-5-9(13)3-4-11(8)16-7-10/h3-5,10H,2,6-7H2,1H3,(H,14,15). The second-order valence-corrected chi connectivity index (χ2v) is 3.89. The summed E-state index contributed by atoms with van der Waals surface area (Å²) in [6.07, 6.45) is 1.07. The molecule has 0 bridgehead atoms. The summed E-state index contributed by atoms with van der Waals surface area (Å²) in [5.74, 6) is 0.432. The van der Waals surface area contributed by atoms with Crippen LogP contribution in [0.3, 0.4) is 0 Å². The molecular weight excluding hydrogens is 209 g/mol. The van der Waals surface area contributed by atoms with Crippen molar-refractivity contribution in [3.05, 3.63) is 29.6 Å². The van der Waals surface area contributed by atoms with Crippen molar-refractivity contribution < 1.29 is 13.9 Å². The number of hydrogen-bond donors (Lipinski definition) is 1. The summed E-state index contributed by atoms with van der Waals surface area (Å²) >= 11 is 0. The molecule has 2 rings (SSSR count). The molecule has 0 aliphatic carbocycles. The highest BCUT2D eigenvalue weighted by molar-refractivity contribution is 5.75. The first-order chi connectivity index (χ1) is 7.69. The molecule has 1 aromatic rings. The van der Waals surface area contributed by atoms with Crippen molar-refractivity contribution in [3.63, 3.8) is 0 Å². The summed E-state index contributed by atoms with van der Waals surface area (Å²) in [4.78, 5) is 11.2. The summed E-state index contributed by atoms with van der Waals surface area (Å²) in [6, 6.07) is 4.41. The van der Waals surface area contributed by atoms with Gasteiger partial charge in [0.05, 0.1) is 6.04 Å². The van der Waals surface area contributed by atoms with Crippen LogP contribution in [-0.2, 0) is 11.2 Å². The number of nitrogens with one attached hydrogen (secondary N) is 1. The van der Waals surface area contributed by atoms with Gasteiger partial charge >= 0.3 is 0 Å². The Kier molecular flexibility index (Phi) is 3.08. The minimum absolute atomic E-state index is 0.00606. The van der Waals surface area contributed by atoms with E-state index in [2.05, 4.69) is 5.32 Å². The predicted molar refractivity (Wildman–Crippen MR) is 57.8 cm³/mol. The van der Waals surface area contributed by atoms with Gasteiger partial charge in [-0.3, -0.25) is 4.79 Å². The molecule has 4 heteroatoms. The number of benzene rings is 1. The quantitative estimate of drug-likeness (QED) is 0.828. The Balaban J connectivity index is 2.08. The number of amides is 1. The number of carbonyl (C=O) groups is 1. The fourth-order valence-electron chi connectivity index (χ4n) is 1.79. The average Bonchev–Trinajstić information content (AvgIpc) is 2.28. The molecule has 1 atom stereocenters. The first-order valence-corrected chi connectivity index (χ1v) is 5.39. The number of hydrogen-bond acceptors (Lipinski definition) is 2. The summed E-state index contributed by atoms with van der Waals surface area (Å²) in [5.41, 5.74) is 0.813. The van der Waals surface area contributed by atoms with E-state index in [1.807, 2.05) is 0 Å². The normalized spacial score (nSPS) is 18.5. The molecule has 0 spiro atoms. The van der Waals surface area contributed by atoms with E-state index in [1.54, 1.807) is 13.0 Å². The predicted octanol–water partition coefficient (Wildman–Crippen LogP) is 1.66. The molecule has 0 aromatic heterocycles. The zero-order chi connectivity index (χ0) is 11.5. The Morgan fingerprint density at radius 1 is 1.62 bits per heavy atom. The number of ether oxygens (including phenoxy) is 1. The number of carbonyl (C=O) groups excluding carboxylic acids is 1. The summed E-state index contributed by atoms with van der Waals surface area (Å²) in [5, 5.41) is 2.84. The Morgan fingerprint density at radius 2 is 2.44 bits per heavy atom. The van der Waals surface area contributed by atoms with Crippen molar-refractivity contribution in [2.24, 2.45) is 0 Å². The van der Waals surface area contributed by atoms with Crippen LogP contribution in [0.1, 0.15) is 18.9 Å². The summed E-state index contributed by atoms with van der Waals surface area (Å²) < 4.78 is 18.5. The molecular formula is C12H14FNO2. The molecule has 1 aliphatic rings. The lowest BCUT2D eigenvalue weighted by Gasteiger charge is -2.25. The second-order valence-electron chi connectivity index (χ2n) is 3.89. The second kappa shape index (κ2) is 4.51. The molecule has 1 amide bonds. The molecule has 1 heterocycles. The van der Waals surface area contributed by atoms with Crippen LogP contribution in [0, 0.1) is 5.82 Å². The van der Waals surface area contributed by atoms with Gasteiger partial charge in [-0.15, -0.1) is 0 Å². The van der Waals surface area contributed by atoms with Crippen LogP contribution in [0.4, 0.5) is 4.39 Å². The van der Waals surface area contributed by atoms with Crippen molar-refractivity contribution in [2.45, 2.75) is 25.8 Å². The first-order valence-electron chi connectivity index (χ1n) is 5.39. The first kappa shape index (κ1) is 10.9. The van der Waals surface area contributed by atoms with Gasteiger partial charge in [0.2, 0.25) is 5.91 Å². The van der Waals surface area contributed by atoms with Crippen LogP contribution in [0.25, 0.3) is 0 Å². The van der Waals surface area contributed by atoms with Gasteiger partial charge in [0.1, 0.15) is 18.2 Å². The monoisotopic (exact) mass is 223 g/mol. The van der Waals surface area contributed by atoms with E-state index in [1.165, 1.54) is 12.1 Å². The van der Waals surface area contributed by atoms with Gasteiger partial charge in [-0.05, 0) is 30.2 Å². The van der Waals surface area contributed by atoms with Gasteiger partial charge in [-0.2, -0.15) is 0 Å². The van der Waals surface area contributed by atoms with E-state index >= 15 is 0 Å². The van der Waals surface area contributed by atoms with Gasteiger partial charge < -0.3 is 10.1 Å². The highest BCUT2D eigenvalue weighted by atomic mass is 19.1. The largest absolute Gasteiger partial charge is 0.491 e. The maximum Gasteiger partial charge on any atom is 0.220 e. The van der Waals surface area contributed by atoms with Crippen molar-refractivity contribution in [1.29, 1.82) is 0 Å². The number of rotatable bonds is 2. The van der Waals surface area contributed by atoms with Crippen LogP contribution in [0.2, 0.25) is 0 Å². The molecule has 0 saturated heterocycles. The van der Waals surface area contributed by atoms with Crippen LogP contribution in [-0.4, -0.2) is 18.6 Å². The summed E-state index contributed by atoms with van der Waals surface area (Å²) in [7, 11) is 0. The molecule has 1 unspecified atom stereocenters. The van der Waals surface area contributed by atoms with E-state index in [0.29, 0.717) is 25.2 Å². The van der Waals surface area contributed by atoms with Crippen molar-refractivity contribution in [2.75, 3.05) is 6.61 Å². The molecule has 16 heavy (non-hydrogen) atoms. The maximum absolute atomic E-state index is 13.0. The van der Waals surface area contributed by atoms with Gasteiger partial charge in [-0.1, -0.05) is 6.92 Å². The summed E-state index contributed by atoms with van der Waals surface area (Å²) in [6.45, 7) is 2.25. The molecule has 1 N–H and O–H groups in total. The molecule has 0 fully saturated rings. The Hall–Kier alpha value is -1.58. The van der Waals surface area contributed by atoms with Crippen LogP contribution >= 0.6 is 0 Å². The topological polar surface area (TPSA) is 38.3 Å². The number of fused-ring (bicyclic) bond motifs is 1. The Bertz CT molecular complexity index is 406. The van der Waals surface area contributed by atoms with E-state index in [4.69, 9.17) is 4.74 Å². The van der Waals surface area contributed by atoms with Gasteiger partial charge in [0.25, 0.3) is 0 Å². The zero-order valence-electron chi connectivity index (χ0n) is 9.13. The molecule has 3 nitrogen and oxygen atoms in total. The SMILES string of the molecule is CCC(=O)NC1COc2ccc(F)cc2C1. The Morgan fingerprint density at radius 3 is 3.19 bits per heavy atom. The Labute approximate surface area is 93.6 Å². The van der Waals surface area contributed by atoms with E-state index in [0.717, 1.165) is 5.56 Å². The fraction of sp³-hybridized carbons (Fsp3) is 0.417. The maximum atomic E-state index is 13.0. The molecule has 0 saturated carbocycles. The van der Waals surface area contributed by atoms with Gasteiger partial charge in [0.15, 0.2) is 0 Å². The lowest BCUT2D eigenvalue weighted by Crippen LogP contribution is -2.42. The molecule has 86 valence electrons. The molecule has 1 aromatic carbocycles. The fourth-order valence-corrected chi connectivity index (χ4v) is 1.79. The van der Waals surface area contributed by atoms with Crippen LogP contribution in [0.15, 0.2) is 18.2 Å². The molecule has 0 radical (unpaired) electrons. The zero-order valence-corrected chi connectivity index (χ0v) is 9.13. The third-order valence-electron chi connectivity index (χ3n) is 2.62. The average molecular weight is 223 g/mol. The van der Waals surface area contributed by atoms with Crippen molar-refractivity contribution in [3.8, 4) is 5.75 Å². The van der Waals surface area contributed by atoms with Crippen LogP contribution < -0.4 is 10.1 Å². The van der Waals surface area contributed by atoms with Crippen molar-refractivity contribution in [1.82, 2.24) is 5.32 Å². The smallest absolute Gasteiger partial charge is 0.220 e. The number of halogens is 1. The third-order valence-corrected chi connectivity index (χ3v) is 2.62.